The minimum absolute atomic E-state index is 0.0926. The van der Waals surface area contributed by atoms with Crippen molar-refractivity contribution in [2.24, 2.45) is 0 Å². The van der Waals surface area contributed by atoms with Gasteiger partial charge in [-0.15, -0.1) is 0 Å². The van der Waals surface area contributed by atoms with Crippen LogP contribution in [0.4, 0.5) is 4.39 Å². The zero-order valence-corrected chi connectivity index (χ0v) is 9.07. The second-order valence-electron chi connectivity index (χ2n) is 3.70. The molecule has 0 saturated heterocycles. The third-order valence-corrected chi connectivity index (χ3v) is 2.29. The molecule has 0 saturated carbocycles. The topological polar surface area (TPSA) is 39.8 Å². The quantitative estimate of drug-likeness (QED) is 0.543. The molecule has 0 N–H and O–H groups in total. The summed E-state index contributed by atoms with van der Waals surface area (Å²) in [6, 6.07) is 6.22. The van der Waals surface area contributed by atoms with E-state index in [2.05, 4.69) is 4.98 Å². The van der Waals surface area contributed by atoms with E-state index in [1.165, 1.54) is 12.3 Å². The molecule has 3 nitrogen and oxygen atoms in total. The molecule has 2 aromatic heterocycles. The maximum atomic E-state index is 13.5. The molecule has 0 fully saturated rings. The Morgan fingerprint density at radius 1 is 1.19 bits per heavy atom. The van der Waals surface area contributed by atoms with Crippen LogP contribution in [0.25, 0.3) is 11.4 Å². The zero-order valence-electron chi connectivity index (χ0n) is 9.07. The molecule has 82 valence electrons. The lowest BCUT2D eigenvalue weighted by Crippen LogP contribution is -2.29. The molecule has 0 amide bonds. The first-order chi connectivity index (χ1) is 7.58. The van der Waals surface area contributed by atoms with Gasteiger partial charge in [0.2, 0.25) is 5.69 Å². The second-order valence-corrected chi connectivity index (χ2v) is 3.70. The second kappa shape index (κ2) is 3.89. The molecule has 2 rings (SSSR count). The number of nitrogens with zero attached hydrogens (tertiary/aromatic N) is 2. The van der Waals surface area contributed by atoms with Gasteiger partial charge in [-0.25, -0.2) is 9.37 Å². The summed E-state index contributed by atoms with van der Waals surface area (Å²) < 4.78 is 14.2. The smallest absolute Gasteiger partial charge is 0.245 e. The highest BCUT2D eigenvalue weighted by Gasteiger charge is 2.15. The maximum Gasteiger partial charge on any atom is 0.245 e. The van der Waals surface area contributed by atoms with Crippen molar-refractivity contribution in [3.63, 3.8) is 0 Å². The van der Waals surface area contributed by atoms with Gasteiger partial charge in [-0.2, -0.15) is 4.73 Å². The maximum absolute atomic E-state index is 13.5. The number of aryl methyl sites for hydroxylation is 2. The molecule has 0 atom stereocenters. The van der Waals surface area contributed by atoms with Crippen LogP contribution in [-0.4, -0.2) is 4.98 Å². The molecule has 0 bridgehead atoms. The van der Waals surface area contributed by atoms with Gasteiger partial charge in [0.1, 0.15) is 0 Å². The van der Waals surface area contributed by atoms with E-state index in [0.717, 1.165) is 5.56 Å². The average molecular weight is 218 g/mol. The van der Waals surface area contributed by atoms with Gasteiger partial charge in [-0.3, -0.25) is 0 Å². The Bertz CT molecular complexity index is 541. The molecular formula is C12H11FN2O. The highest BCUT2D eigenvalue weighted by atomic mass is 19.1. The van der Waals surface area contributed by atoms with Crippen LogP contribution in [0.15, 0.2) is 30.5 Å². The van der Waals surface area contributed by atoms with Crippen molar-refractivity contribution in [2.45, 2.75) is 13.8 Å². The summed E-state index contributed by atoms with van der Waals surface area (Å²) in [5.41, 5.74) is 1.82. The fourth-order valence-corrected chi connectivity index (χ4v) is 1.48. The van der Waals surface area contributed by atoms with Crippen LogP contribution in [0.2, 0.25) is 0 Å². The summed E-state index contributed by atoms with van der Waals surface area (Å²) >= 11 is 0. The predicted octanol–water partition coefficient (Wildman–Crippen LogP) is 2.14. The Kier molecular flexibility index (Phi) is 2.56. The summed E-state index contributed by atoms with van der Waals surface area (Å²) in [7, 11) is 0. The summed E-state index contributed by atoms with van der Waals surface area (Å²) in [5, 5.41) is 11.6. The Morgan fingerprint density at radius 3 is 2.62 bits per heavy atom. The minimum atomic E-state index is -0.487. The first kappa shape index (κ1) is 10.5. The van der Waals surface area contributed by atoms with Gasteiger partial charge in [0.15, 0.2) is 17.7 Å². The molecule has 0 aromatic carbocycles. The first-order valence-electron chi connectivity index (χ1n) is 4.91. The van der Waals surface area contributed by atoms with Crippen molar-refractivity contribution in [2.75, 3.05) is 0 Å². The number of hydrogen-bond acceptors (Lipinski definition) is 2. The molecule has 0 radical (unpaired) electrons. The van der Waals surface area contributed by atoms with Gasteiger partial charge in [0.25, 0.3) is 0 Å². The van der Waals surface area contributed by atoms with E-state index >= 15 is 0 Å². The van der Waals surface area contributed by atoms with E-state index in [0.29, 0.717) is 10.4 Å². The van der Waals surface area contributed by atoms with Gasteiger partial charge in [0, 0.05) is 17.3 Å². The SMILES string of the molecule is Cc1ccc(-c2nc(C)ccc2F)[n+]([O-])c1. The monoisotopic (exact) mass is 218 g/mol. The van der Waals surface area contributed by atoms with Crippen LogP contribution in [0, 0.1) is 24.9 Å². The molecule has 0 aliphatic rings. The van der Waals surface area contributed by atoms with Crippen molar-refractivity contribution < 1.29 is 9.12 Å². The average Bonchev–Trinajstić information content (AvgIpc) is 2.22. The number of hydrogen-bond donors (Lipinski definition) is 0. The first-order valence-corrected chi connectivity index (χ1v) is 4.91. The van der Waals surface area contributed by atoms with Crippen molar-refractivity contribution >= 4 is 0 Å². The molecule has 2 heterocycles. The Balaban J connectivity index is 2.62. The van der Waals surface area contributed by atoms with Crippen LogP contribution >= 0.6 is 0 Å². The van der Waals surface area contributed by atoms with E-state index in [1.807, 2.05) is 0 Å². The van der Waals surface area contributed by atoms with E-state index in [1.54, 1.807) is 32.0 Å². The Hall–Kier alpha value is -1.97. The van der Waals surface area contributed by atoms with Crippen LogP contribution in [-0.2, 0) is 0 Å². The lowest BCUT2D eigenvalue weighted by Gasteiger charge is -2.05. The van der Waals surface area contributed by atoms with Gasteiger partial charge < -0.3 is 5.21 Å². The lowest BCUT2D eigenvalue weighted by molar-refractivity contribution is -0.594. The normalized spacial score (nSPS) is 10.4. The number of aromatic nitrogens is 2. The fourth-order valence-electron chi connectivity index (χ4n) is 1.48. The summed E-state index contributed by atoms with van der Waals surface area (Å²) in [6.45, 7) is 3.56. The summed E-state index contributed by atoms with van der Waals surface area (Å²) in [4.78, 5) is 4.04. The van der Waals surface area contributed by atoms with Gasteiger partial charge in [0.05, 0.1) is 0 Å². The van der Waals surface area contributed by atoms with E-state index < -0.39 is 5.82 Å². The summed E-state index contributed by atoms with van der Waals surface area (Å²) in [6.07, 6.45) is 1.40. The van der Waals surface area contributed by atoms with Gasteiger partial charge >= 0.3 is 0 Å². The molecule has 0 aliphatic heterocycles. The van der Waals surface area contributed by atoms with Gasteiger partial charge in [-0.1, -0.05) is 0 Å². The Labute approximate surface area is 92.8 Å². The molecule has 0 aliphatic carbocycles. The molecule has 4 heteroatoms. The predicted molar refractivity (Wildman–Crippen MR) is 58.1 cm³/mol. The van der Waals surface area contributed by atoms with E-state index in [4.69, 9.17) is 0 Å². The van der Waals surface area contributed by atoms with Crippen LogP contribution in [0.1, 0.15) is 11.3 Å². The lowest BCUT2D eigenvalue weighted by atomic mass is 10.2. The molecule has 0 spiro atoms. The minimum Gasteiger partial charge on any atom is -0.618 e. The van der Waals surface area contributed by atoms with Crippen LogP contribution in [0.5, 0.6) is 0 Å². The third-order valence-electron chi connectivity index (χ3n) is 2.29. The third kappa shape index (κ3) is 1.86. The van der Waals surface area contributed by atoms with Crippen molar-refractivity contribution in [3.8, 4) is 11.4 Å². The van der Waals surface area contributed by atoms with Crippen molar-refractivity contribution in [1.29, 1.82) is 0 Å². The highest BCUT2D eigenvalue weighted by molar-refractivity contribution is 5.51. The standard InChI is InChI=1S/C12H11FN2O/c1-8-3-6-11(15(16)7-8)12-10(13)5-4-9(2)14-12/h3-7H,1-2H3. The molecular weight excluding hydrogens is 207 g/mol. The molecule has 16 heavy (non-hydrogen) atoms. The van der Waals surface area contributed by atoms with Gasteiger partial charge in [-0.05, 0) is 32.0 Å². The van der Waals surface area contributed by atoms with E-state index in [-0.39, 0.29) is 11.4 Å². The van der Waals surface area contributed by atoms with Crippen molar-refractivity contribution in [3.05, 3.63) is 52.7 Å². The number of rotatable bonds is 1. The van der Waals surface area contributed by atoms with Crippen LogP contribution < -0.4 is 4.73 Å². The fraction of sp³-hybridized carbons (Fsp3) is 0.167. The number of pyridine rings is 2. The summed E-state index contributed by atoms with van der Waals surface area (Å²) in [5.74, 6) is -0.487. The Morgan fingerprint density at radius 2 is 1.94 bits per heavy atom. The van der Waals surface area contributed by atoms with Crippen molar-refractivity contribution in [1.82, 2.24) is 4.98 Å². The highest BCUT2D eigenvalue weighted by Crippen LogP contribution is 2.17. The molecule has 0 unspecified atom stereocenters. The van der Waals surface area contributed by atoms with E-state index in [9.17, 15) is 9.60 Å². The molecule has 2 aromatic rings. The largest absolute Gasteiger partial charge is 0.618 e. The van der Waals surface area contributed by atoms with Crippen LogP contribution in [0.3, 0.4) is 0 Å². The number of halogens is 1. The zero-order chi connectivity index (χ0) is 11.7.